The summed E-state index contributed by atoms with van der Waals surface area (Å²) in [5, 5.41) is 11.9. The van der Waals surface area contributed by atoms with Gasteiger partial charge < -0.3 is 10.4 Å². The molecule has 0 bridgehead atoms. The second kappa shape index (κ2) is 8.72. The highest BCUT2D eigenvalue weighted by molar-refractivity contribution is 7.97. The molecular formula is C16H23NO3S. The van der Waals surface area contributed by atoms with E-state index in [-0.39, 0.29) is 18.4 Å². The van der Waals surface area contributed by atoms with Crippen LogP contribution in [0.15, 0.2) is 24.3 Å². The van der Waals surface area contributed by atoms with Crippen molar-refractivity contribution in [1.29, 1.82) is 0 Å². The number of aliphatic carboxylic acids is 1. The van der Waals surface area contributed by atoms with Crippen molar-refractivity contribution >= 4 is 23.6 Å². The van der Waals surface area contributed by atoms with Crippen LogP contribution in [0.1, 0.15) is 36.2 Å². The van der Waals surface area contributed by atoms with Crippen LogP contribution in [0.3, 0.4) is 0 Å². The van der Waals surface area contributed by atoms with E-state index in [9.17, 15) is 9.59 Å². The SMILES string of the molecule is CSCc1ccc(C(=O)NCC(CC(C)C)C(=O)O)cc1. The summed E-state index contributed by atoms with van der Waals surface area (Å²) in [6, 6.07) is 7.40. The van der Waals surface area contributed by atoms with Gasteiger partial charge in [0.25, 0.3) is 5.91 Å². The summed E-state index contributed by atoms with van der Waals surface area (Å²) >= 11 is 1.73. The van der Waals surface area contributed by atoms with Gasteiger partial charge in [-0.05, 0) is 36.3 Å². The van der Waals surface area contributed by atoms with Crippen LogP contribution in [0.5, 0.6) is 0 Å². The Kier molecular flexibility index (Phi) is 7.29. The number of thioether (sulfide) groups is 1. The quantitative estimate of drug-likeness (QED) is 0.774. The minimum atomic E-state index is -0.862. The lowest BCUT2D eigenvalue weighted by Crippen LogP contribution is -2.33. The van der Waals surface area contributed by atoms with Gasteiger partial charge in [0.05, 0.1) is 5.92 Å². The summed E-state index contributed by atoms with van der Waals surface area (Å²) in [7, 11) is 0. The van der Waals surface area contributed by atoms with E-state index in [2.05, 4.69) is 5.32 Å². The number of benzene rings is 1. The maximum Gasteiger partial charge on any atom is 0.308 e. The Bertz CT molecular complexity index is 471. The zero-order chi connectivity index (χ0) is 15.8. The summed E-state index contributed by atoms with van der Waals surface area (Å²) in [6.07, 6.45) is 2.59. The van der Waals surface area contributed by atoms with Gasteiger partial charge in [-0.25, -0.2) is 0 Å². The average Bonchev–Trinajstić information content (AvgIpc) is 2.43. The van der Waals surface area contributed by atoms with Crippen LogP contribution in [0.25, 0.3) is 0 Å². The Hall–Kier alpha value is -1.49. The molecule has 4 nitrogen and oxygen atoms in total. The molecule has 0 aliphatic heterocycles. The van der Waals surface area contributed by atoms with Crippen molar-refractivity contribution in [2.24, 2.45) is 11.8 Å². The number of hydrogen-bond acceptors (Lipinski definition) is 3. The molecule has 0 spiro atoms. The summed E-state index contributed by atoms with van der Waals surface area (Å²) in [6.45, 7) is 4.11. The fourth-order valence-corrected chi connectivity index (χ4v) is 2.60. The van der Waals surface area contributed by atoms with E-state index in [1.807, 2.05) is 32.2 Å². The first-order chi connectivity index (χ1) is 9.93. The minimum Gasteiger partial charge on any atom is -0.481 e. The van der Waals surface area contributed by atoms with Crippen LogP contribution in [0.2, 0.25) is 0 Å². The number of nitrogens with one attached hydrogen (secondary N) is 1. The maximum atomic E-state index is 12.0. The van der Waals surface area contributed by atoms with Crippen LogP contribution in [-0.2, 0) is 10.5 Å². The number of amides is 1. The predicted molar refractivity (Wildman–Crippen MR) is 86.6 cm³/mol. The lowest BCUT2D eigenvalue weighted by Gasteiger charge is -2.15. The van der Waals surface area contributed by atoms with Crippen molar-refractivity contribution < 1.29 is 14.7 Å². The standard InChI is InChI=1S/C16H23NO3S/c1-11(2)8-14(16(19)20)9-17-15(18)13-6-4-12(5-7-13)10-21-3/h4-7,11,14H,8-10H2,1-3H3,(H,17,18)(H,19,20). The fraction of sp³-hybridized carbons (Fsp3) is 0.500. The normalized spacial score (nSPS) is 12.2. The molecule has 0 saturated heterocycles. The first-order valence-corrected chi connectivity index (χ1v) is 8.42. The lowest BCUT2D eigenvalue weighted by atomic mass is 9.97. The third-order valence-corrected chi connectivity index (χ3v) is 3.76. The zero-order valence-corrected chi connectivity index (χ0v) is 13.6. The summed E-state index contributed by atoms with van der Waals surface area (Å²) in [5.41, 5.74) is 1.73. The first-order valence-electron chi connectivity index (χ1n) is 7.03. The molecule has 1 aromatic carbocycles. The Morgan fingerprint density at radius 1 is 1.24 bits per heavy atom. The summed E-state index contributed by atoms with van der Waals surface area (Å²) in [4.78, 5) is 23.2. The summed E-state index contributed by atoms with van der Waals surface area (Å²) in [5.74, 6) is -0.421. The Morgan fingerprint density at radius 3 is 2.33 bits per heavy atom. The van der Waals surface area contributed by atoms with E-state index in [0.717, 1.165) is 5.75 Å². The van der Waals surface area contributed by atoms with Gasteiger partial charge >= 0.3 is 5.97 Å². The maximum absolute atomic E-state index is 12.0. The molecule has 21 heavy (non-hydrogen) atoms. The van der Waals surface area contributed by atoms with Crippen molar-refractivity contribution in [2.45, 2.75) is 26.0 Å². The van der Waals surface area contributed by atoms with Gasteiger partial charge in [-0.15, -0.1) is 0 Å². The smallest absolute Gasteiger partial charge is 0.308 e. The molecule has 1 rings (SSSR count). The summed E-state index contributed by atoms with van der Waals surface area (Å²) < 4.78 is 0. The van der Waals surface area contributed by atoms with Gasteiger partial charge in [0.2, 0.25) is 0 Å². The lowest BCUT2D eigenvalue weighted by molar-refractivity contribution is -0.142. The van der Waals surface area contributed by atoms with Crippen LogP contribution in [0, 0.1) is 11.8 Å². The minimum absolute atomic E-state index is 0.166. The van der Waals surface area contributed by atoms with E-state index >= 15 is 0 Å². The van der Waals surface area contributed by atoms with Gasteiger partial charge in [0, 0.05) is 17.9 Å². The molecule has 5 heteroatoms. The van der Waals surface area contributed by atoms with Crippen LogP contribution in [-0.4, -0.2) is 29.8 Å². The third kappa shape index (κ3) is 6.21. The second-order valence-electron chi connectivity index (χ2n) is 5.50. The molecule has 0 aliphatic carbocycles. The molecule has 2 N–H and O–H groups in total. The van der Waals surface area contributed by atoms with Gasteiger partial charge in [0.1, 0.15) is 0 Å². The van der Waals surface area contributed by atoms with E-state index in [0.29, 0.717) is 12.0 Å². The van der Waals surface area contributed by atoms with Crippen molar-refractivity contribution in [3.05, 3.63) is 35.4 Å². The molecule has 0 aromatic heterocycles. The molecule has 1 amide bonds. The van der Waals surface area contributed by atoms with E-state index in [1.54, 1.807) is 23.9 Å². The molecule has 1 aromatic rings. The highest BCUT2D eigenvalue weighted by atomic mass is 32.2. The Labute approximate surface area is 130 Å². The molecule has 0 saturated carbocycles. The van der Waals surface area contributed by atoms with Crippen molar-refractivity contribution in [3.63, 3.8) is 0 Å². The van der Waals surface area contributed by atoms with Gasteiger partial charge in [-0.1, -0.05) is 26.0 Å². The molecule has 1 unspecified atom stereocenters. The van der Waals surface area contributed by atoms with Gasteiger partial charge in [-0.3, -0.25) is 9.59 Å². The highest BCUT2D eigenvalue weighted by Gasteiger charge is 2.19. The number of carbonyl (C=O) groups excluding carboxylic acids is 1. The molecule has 0 fully saturated rings. The highest BCUT2D eigenvalue weighted by Crippen LogP contribution is 2.13. The van der Waals surface area contributed by atoms with Crippen LogP contribution in [0.4, 0.5) is 0 Å². The van der Waals surface area contributed by atoms with Crippen molar-refractivity contribution in [3.8, 4) is 0 Å². The Balaban J connectivity index is 2.57. The van der Waals surface area contributed by atoms with Crippen molar-refractivity contribution in [2.75, 3.05) is 12.8 Å². The van der Waals surface area contributed by atoms with E-state index in [1.165, 1.54) is 5.56 Å². The molecular weight excluding hydrogens is 286 g/mol. The third-order valence-electron chi connectivity index (χ3n) is 3.14. The Morgan fingerprint density at radius 2 is 1.86 bits per heavy atom. The average molecular weight is 309 g/mol. The molecule has 0 radical (unpaired) electrons. The van der Waals surface area contributed by atoms with Crippen molar-refractivity contribution in [1.82, 2.24) is 5.32 Å². The monoisotopic (exact) mass is 309 g/mol. The predicted octanol–water partition coefficient (Wildman–Crippen LogP) is 3.03. The number of hydrogen-bond donors (Lipinski definition) is 2. The molecule has 1 atom stereocenters. The first kappa shape index (κ1) is 17.6. The second-order valence-corrected chi connectivity index (χ2v) is 6.37. The number of rotatable bonds is 8. The number of carboxylic acids is 1. The topological polar surface area (TPSA) is 66.4 Å². The van der Waals surface area contributed by atoms with Crippen LogP contribution < -0.4 is 5.32 Å². The van der Waals surface area contributed by atoms with E-state index in [4.69, 9.17) is 5.11 Å². The number of carbonyl (C=O) groups is 2. The largest absolute Gasteiger partial charge is 0.481 e. The van der Waals surface area contributed by atoms with Crippen LogP contribution >= 0.6 is 11.8 Å². The molecule has 0 heterocycles. The van der Waals surface area contributed by atoms with E-state index < -0.39 is 11.9 Å². The number of carboxylic acid groups (broad SMARTS) is 1. The fourth-order valence-electron chi connectivity index (χ4n) is 2.08. The molecule has 116 valence electrons. The van der Waals surface area contributed by atoms with Gasteiger partial charge in [0.15, 0.2) is 0 Å². The molecule has 0 aliphatic rings. The zero-order valence-electron chi connectivity index (χ0n) is 12.8. The van der Waals surface area contributed by atoms with Gasteiger partial charge in [-0.2, -0.15) is 11.8 Å².